The number of nitrogens with zero attached hydrogens (tertiary/aromatic N) is 3. The van der Waals surface area contributed by atoms with E-state index in [2.05, 4.69) is 4.98 Å². The van der Waals surface area contributed by atoms with Crippen molar-refractivity contribution in [2.75, 3.05) is 11.9 Å². The van der Waals surface area contributed by atoms with Gasteiger partial charge < -0.3 is 10.0 Å². The van der Waals surface area contributed by atoms with Gasteiger partial charge in [-0.1, -0.05) is 30.3 Å². The fourth-order valence-electron chi connectivity index (χ4n) is 2.52. The molecule has 0 spiro atoms. The summed E-state index contributed by atoms with van der Waals surface area (Å²) in [6.07, 6.45) is 1.13. The Kier molecular flexibility index (Phi) is 2.78. The summed E-state index contributed by atoms with van der Waals surface area (Å²) in [6, 6.07) is 9.75. The Morgan fingerprint density at radius 2 is 2.05 bits per heavy atom. The van der Waals surface area contributed by atoms with Crippen molar-refractivity contribution in [1.29, 1.82) is 0 Å². The lowest BCUT2D eigenvalue weighted by Crippen LogP contribution is -2.26. The molecule has 1 atom stereocenters. The number of carbonyl (C=O) groups is 1. The third-order valence-electron chi connectivity index (χ3n) is 3.58. The summed E-state index contributed by atoms with van der Waals surface area (Å²) in [5.74, 6) is -0.752. The molecule has 0 saturated heterocycles. The zero-order valence-corrected chi connectivity index (χ0v) is 10.9. The first-order valence-electron chi connectivity index (χ1n) is 6.20. The molecule has 6 nitrogen and oxygen atoms in total. The van der Waals surface area contributed by atoms with Crippen LogP contribution in [0.4, 0.5) is 5.95 Å². The fourth-order valence-corrected chi connectivity index (χ4v) is 2.52. The maximum atomic E-state index is 12.1. The molecule has 20 heavy (non-hydrogen) atoms. The number of rotatable bonds is 2. The summed E-state index contributed by atoms with van der Waals surface area (Å²) in [4.78, 5) is 29.1. The molecule has 2 aromatic rings. The molecule has 2 heterocycles. The molecule has 102 valence electrons. The van der Waals surface area contributed by atoms with Gasteiger partial charge in [-0.15, -0.1) is 0 Å². The molecule has 0 saturated carbocycles. The van der Waals surface area contributed by atoms with Gasteiger partial charge in [0, 0.05) is 7.05 Å². The van der Waals surface area contributed by atoms with E-state index in [9.17, 15) is 9.59 Å². The average Bonchev–Trinajstić information content (AvgIpc) is 2.78. The number of hydrogen-bond acceptors (Lipinski definition) is 4. The van der Waals surface area contributed by atoms with Gasteiger partial charge in [0.05, 0.1) is 18.8 Å². The van der Waals surface area contributed by atoms with E-state index in [1.807, 2.05) is 42.3 Å². The van der Waals surface area contributed by atoms with Crippen LogP contribution < -0.4 is 10.5 Å². The Balaban J connectivity index is 2.07. The van der Waals surface area contributed by atoms with Crippen LogP contribution in [-0.4, -0.2) is 27.7 Å². The first-order chi connectivity index (χ1) is 9.59. The van der Waals surface area contributed by atoms with E-state index >= 15 is 0 Å². The largest absolute Gasteiger partial charge is 0.477 e. The Morgan fingerprint density at radius 1 is 1.35 bits per heavy atom. The Labute approximate surface area is 114 Å². The molecule has 0 bridgehead atoms. The Bertz CT molecular complexity index is 724. The summed E-state index contributed by atoms with van der Waals surface area (Å²) < 4.78 is 1.42. The van der Waals surface area contributed by atoms with Gasteiger partial charge in [0.15, 0.2) is 0 Å². The molecule has 0 radical (unpaired) electrons. The lowest BCUT2D eigenvalue weighted by Gasteiger charge is -2.20. The van der Waals surface area contributed by atoms with Crippen molar-refractivity contribution in [3.05, 3.63) is 58.0 Å². The number of likely N-dealkylation sites (N-methyl/N-ethyl adjacent to an activating group) is 1. The van der Waals surface area contributed by atoms with Crippen LogP contribution in [-0.2, 0) is 6.54 Å². The number of hydrogen-bond donors (Lipinski definition) is 1. The van der Waals surface area contributed by atoms with Crippen molar-refractivity contribution >= 4 is 11.9 Å². The standard InChI is InChI=1S/C14H13N3O3/c1-16-11(9-5-3-2-4-6-9)8-17-12(18)10(13(19)20)7-15-14(16)17/h2-7,11H,8H2,1H3,(H,19,20). The van der Waals surface area contributed by atoms with Gasteiger partial charge in [0.2, 0.25) is 5.95 Å². The van der Waals surface area contributed by atoms with Crippen molar-refractivity contribution in [2.24, 2.45) is 0 Å². The van der Waals surface area contributed by atoms with Gasteiger partial charge in [-0.3, -0.25) is 9.36 Å². The van der Waals surface area contributed by atoms with Gasteiger partial charge in [0.1, 0.15) is 5.56 Å². The SMILES string of the molecule is CN1c2ncc(C(=O)O)c(=O)n2CC1c1ccccc1. The van der Waals surface area contributed by atoms with E-state index in [0.29, 0.717) is 12.5 Å². The van der Waals surface area contributed by atoms with Crippen molar-refractivity contribution in [3.63, 3.8) is 0 Å². The van der Waals surface area contributed by atoms with Gasteiger partial charge in [-0.2, -0.15) is 0 Å². The summed E-state index contributed by atoms with van der Waals surface area (Å²) in [6.45, 7) is 0.406. The van der Waals surface area contributed by atoms with E-state index < -0.39 is 11.5 Å². The van der Waals surface area contributed by atoms with E-state index in [-0.39, 0.29) is 11.6 Å². The van der Waals surface area contributed by atoms with Crippen molar-refractivity contribution in [3.8, 4) is 0 Å². The fraction of sp³-hybridized carbons (Fsp3) is 0.214. The van der Waals surface area contributed by atoms with E-state index in [1.165, 1.54) is 4.57 Å². The van der Waals surface area contributed by atoms with Crippen LogP contribution in [0.2, 0.25) is 0 Å². The highest BCUT2D eigenvalue weighted by molar-refractivity contribution is 5.86. The van der Waals surface area contributed by atoms with Crippen LogP contribution in [0.1, 0.15) is 22.0 Å². The Hall–Kier alpha value is -2.63. The molecule has 1 aromatic heterocycles. The Morgan fingerprint density at radius 3 is 2.70 bits per heavy atom. The number of aromatic nitrogens is 2. The minimum Gasteiger partial charge on any atom is -0.477 e. The zero-order chi connectivity index (χ0) is 14.3. The predicted molar refractivity (Wildman–Crippen MR) is 73.0 cm³/mol. The molecule has 6 heteroatoms. The second kappa shape index (κ2) is 4.48. The van der Waals surface area contributed by atoms with Crippen LogP contribution in [0.5, 0.6) is 0 Å². The van der Waals surface area contributed by atoms with Crippen LogP contribution >= 0.6 is 0 Å². The first-order valence-corrected chi connectivity index (χ1v) is 6.20. The smallest absolute Gasteiger partial charge is 0.342 e. The zero-order valence-electron chi connectivity index (χ0n) is 10.9. The predicted octanol–water partition coefficient (Wildman–Crippen LogP) is 1.13. The third-order valence-corrected chi connectivity index (χ3v) is 3.58. The molecule has 0 fully saturated rings. The number of fused-ring (bicyclic) bond motifs is 1. The minimum atomic E-state index is -1.25. The monoisotopic (exact) mass is 271 g/mol. The molecule has 1 aromatic carbocycles. The van der Waals surface area contributed by atoms with Gasteiger partial charge in [-0.05, 0) is 5.56 Å². The number of carboxylic acid groups (broad SMARTS) is 1. The normalized spacial score (nSPS) is 17.1. The van der Waals surface area contributed by atoms with Crippen LogP contribution in [0.25, 0.3) is 0 Å². The highest BCUT2D eigenvalue weighted by Crippen LogP contribution is 2.31. The second-order valence-corrected chi connectivity index (χ2v) is 4.73. The summed E-state index contributed by atoms with van der Waals surface area (Å²) in [7, 11) is 1.85. The van der Waals surface area contributed by atoms with Crippen molar-refractivity contribution < 1.29 is 9.90 Å². The minimum absolute atomic E-state index is 0.0135. The van der Waals surface area contributed by atoms with E-state index in [4.69, 9.17) is 5.11 Å². The average molecular weight is 271 g/mol. The summed E-state index contributed by atoms with van der Waals surface area (Å²) in [5, 5.41) is 8.98. The third kappa shape index (κ3) is 1.77. The molecule has 0 aliphatic carbocycles. The molecular formula is C14H13N3O3. The molecule has 3 rings (SSSR count). The van der Waals surface area contributed by atoms with Crippen LogP contribution in [0.15, 0.2) is 41.3 Å². The summed E-state index contributed by atoms with van der Waals surface area (Å²) >= 11 is 0. The molecule has 0 amide bonds. The molecule has 1 aliphatic heterocycles. The summed E-state index contributed by atoms with van der Waals surface area (Å²) in [5.41, 5.74) is 0.264. The first kappa shape index (κ1) is 12.4. The highest BCUT2D eigenvalue weighted by Gasteiger charge is 2.31. The molecular weight excluding hydrogens is 258 g/mol. The highest BCUT2D eigenvalue weighted by atomic mass is 16.4. The molecule has 1 aliphatic rings. The second-order valence-electron chi connectivity index (χ2n) is 4.73. The topological polar surface area (TPSA) is 75.4 Å². The molecule has 1 unspecified atom stereocenters. The lowest BCUT2D eigenvalue weighted by molar-refractivity contribution is 0.0694. The van der Waals surface area contributed by atoms with Crippen molar-refractivity contribution in [2.45, 2.75) is 12.6 Å². The van der Waals surface area contributed by atoms with E-state index in [1.54, 1.807) is 0 Å². The van der Waals surface area contributed by atoms with Gasteiger partial charge >= 0.3 is 5.97 Å². The number of carboxylic acids is 1. The van der Waals surface area contributed by atoms with Crippen LogP contribution in [0.3, 0.4) is 0 Å². The number of aromatic carboxylic acids is 1. The maximum Gasteiger partial charge on any atom is 0.342 e. The van der Waals surface area contributed by atoms with Gasteiger partial charge in [-0.25, -0.2) is 9.78 Å². The lowest BCUT2D eigenvalue weighted by atomic mass is 10.1. The van der Waals surface area contributed by atoms with Crippen LogP contribution in [0, 0.1) is 0 Å². The number of benzene rings is 1. The van der Waals surface area contributed by atoms with Crippen molar-refractivity contribution in [1.82, 2.24) is 9.55 Å². The quantitative estimate of drug-likeness (QED) is 0.886. The number of anilines is 1. The van der Waals surface area contributed by atoms with Gasteiger partial charge in [0.25, 0.3) is 5.56 Å². The molecule has 1 N–H and O–H groups in total. The van der Waals surface area contributed by atoms with E-state index in [0.717, 1.165) is 11.8 Å². The maximum absolute atomic E-state index is 12.1.